The molecule has 6 atom stereocenters. The Morgan fingerprint density at radius 1 is 1.12 bits per heavy atom. The minimum absolute atomic E-state index is 0.118. The molecule has 0 heterocycles. The Kier molecular flexibility index (Phi) is 14.5. The van der Waals surface area contributed by atoms with Crippen LogP contribution in [0.2, 0.25) is 0 Å². The van der Waals surface area contributed by atoms with Crippen molar-refractivity contribution in [3.63, 3.8) is 0 Å². The summed E-state index contributed by atoms with van der Waals surface area (Å²) in [6.45, 7) is 5.80. The molecule has 6 unspecified atom stereocenters. The normalized spacial score (nSPS) is 22.7. The number of carbonyl (C=O) groups is 2. The molecule has 0 amide bonds. The van der Waals surface area contributed by atoms with Gasteiger partial charge in [0.05, 0.1) is 18.1 Å². The molecule has 0 saturated heterocycles. The predicted octanol–water partition coefficient (Wildman–Crippen LogP) is 5.39. The van der Waals surface area contributed by atoms with Crippen LogP contribution < -0.4 is 0 Å². The highest BCUT2D eigenvalue weighted by atomic mass is 16.9. The highest BCUT2D eigenvalue weighted by molar-refractivity contribution is 5.69. The number of carbonyl (C=O) groups excluding carboxylic acids is 1. The highest BCUT2D eigenvalue weighted by Crippen LogP contribution is 2.42. The third-order valence-corrected chi connectivity index (χ3v) is 7.92. The lowest BCUT2D eigenvalue weighted by Gasteiger charge is -2.38. The number of rotatable bonds is 14. The second kappa shape index (κ2) is 17.5. The van der Waals surface area contributed by atoms with Gasteiger partial charge in [-0.25, -0.2) is 0 Å². The van der Waals surface area contributed by atoms with Crippen molar-refractivity contribution in [3.8, 4) is 0 Å². The summed E-state index contributed by atoms with van der Waals surface area (Å²) in [7, 11) is 0. The number of aliphatic hydroxyl groups is 2. The Morgan fingerprint density at radius 3 is 2.37 bits per heavy atom. The van der Waals surface area contributed by atoms with Crippen LogP contribution in [0.5, 0.6) is 0 Å². The van der Waals surface area contributed by atoms with Gasteiger partial charge in [0.25, 0.3) is 5.09 Å². The number of hydrogen-bond acceptors (Lipinski definition) is 8. The number of hydrogen-bond donors (Lipinski definition) is 3. The van der Waals surface area contributed by atoms with Crippen molar-refractivity contribution in [2.75, 3.05) is 0 Å². The van der Waals surface area contributed by atoms with Gasteiger partial charge in [-0.05, 0) is 79.4 Å². The van der Waals surface area contributed by atoms with E-state index in [9.17, 15) is 29.9 Å². The van der Waals surface area contributed by atoms with E-state index in [-0.39, 0.29) is 37.6 Å². The fourth-order valence-electron chi connectivity index (χ4n) is 5.10. The van der Waals surface area contributed by atoms with Crippen LogP contribution in [0.1, 0.15) is 83.3 Å². The molecule has 0 aliphatic heterocycles. The van der Waals surface area contributed by atoms with Crippen LogP contribution in [0, 0.1) is 33.8 Å². The summed E-state index contributed by atoms with van der Waals surface area (Å²) in [6, 6.07) is 6.87. The van der Waals surface area contributed by atoms with Gasteiger partial charge in [0.1, 0.15) is 13.2 Å². The lowest BCUT2D eigenvalue weighted by Crippen LogP contribution is -2.30. The number of aliphatic hydroxyl groups excluding tert-OH is 2. The number of nitrogens with zero attached hydrogens (tertiary/aromatic N) is 1. The number of ether oxygens (including phenoxy) is 1. The predicted molar refractivity (Wildman–Crippen MR) is 153 cm³/mol. The van der Waals surface area contributed by atoms with Crippen molar-refractivity contribution in [2.45, 2.75) is 97.6 Å². The summed E-state index contributed by atoms with van der Waals surface area (Å²) < 4.78 is 5.29. The molecular weight excluding hydrogens is 530 g/mol. The number of aliphatic carboxylic acids is 1. The smallest absolute Gasteiger partial charge is 0.306 e. The monoisotopic (exact) mass is 575 g/mol. The lowest BCUT2D eigenvalue weighted by molar-refractivity contribution is -0.763. The maximum Gasteiger partial charge on any atom is 0.306 e. The summed E-state index contributed by atoms with van der Waals surface area (Å²) in [5.74, 6) is 0.187. The van der Waals surface area contributed by atoms with Crippen molar-refractivity contribution in [3.05, 3.63) is 69.3 Å². The molecule has 2 aliphatic carbocycles. The maximum absolute atomic E-state index is 12.0. The van der Waals surface area contributed by atoms with Gasteiger partial charge in [-0.3, -0.25) is 9.59 Å². The number of fused-ring (bicyclic) bond motifs is 1. The number of allylic oxidation sites excluding steroid dienone is 3. The van der Waals surface area contributed by atoms with Crippen LogP contribution in [0.25, 0.3) is 0 Å². The van der Waals surface area contributed by atoms with Gasteiger partial charge in [0.15, 0.2) is 0 Å². The van der Waals surface area contributed by atoms with E-state index >= 15 is 0 Å². The van der Waals surface area contributed by atoms with E-state index in [1.165, 1.54) is 5.57 Å². The molecule has 10 nitrogen and oxygen atoms in total. The molecule has 3 rings (SSSR count). The zero-order valence-electron chi connectivity index (χ0n) is 24.3. The largest absolute Gasteiger partial charge is 0.481 e. The van der Waals surface area contributed by atoms with E-state index in [2.05, 4.69) is 23.9 Å². The Bertz CT molecular complexity index is 1040. The van der Waals surface area contributed by atoms with Crippen LogP contribution in [0.15, 0.2) is 48.1 Å². The molecule has 1 aromatic rings. The minimum Gasteiger partial charge on any atom is -0.481 e. The first kappa shape index (κ1) is 34.0. The number of esters is 1. The van der Waals surface area contributed by atoms with E-state index in [0.29, 0.717) is 42.6 Å². The number of carboxylic acids is 1. The molecule has 0 radical (unpaired) electrons. The standard InChI is InChI=1S/C26H35NO7.C5H10O2/c1-18-5-10-21-15-23(29)12-14-25(21)24(18)13-11-22(28)3-2-4-26(30)33-16-19-6-8-20(9-7-19)17-34-27(31)32;1-3-4(2)5(6)7/h5-10,15,18,22-25,28-29H,2-4,11-14,16-17H2,1H3;4H,3H2,1-2H3,(H,6,7). The average molecular weight is 576 g/mol. The molecule has 1 aromatic carbocycles. The summed E-state index contributed by atoms with van der Waals surface area (Å²) in [4.78, 5) is 36.5. The third kappa shape index (κ3) is 12.4. The molecule has 228 valence electrons. The quantitative estimate of drug-likeness (QED) is 0.150. The van der Waals surface area contributed by atoms with Crippen molar-refractivity contribution >= 4 is 11.9 Å². The fourth-order valence-corrected chi connectivity index (χ4v) is 5.10. The van der Waals surface area contributed by atoms with Gasteiger partial charge in [-0.1, -0.05) is 63.3 Å². The van der Waals surface area contributed by atoms with Gasteiger partial charge in [-0.2, -0.15) is 0 Å². The van der Waals surface area contributed by atoms with Crippen molar-refractivity contribution in [2.24, 2.45) is 23.7 Å². The van der Waals surface area contributed by atoms with Crippen LogP contribution >= 0.6 is 0 Å². The molecule has 0 spiro atoms. The molecule has 0 saturated carbocycles. The average Bonchev–Trinajstić information content (AvgIpc) is 2.94. The van der Waals surface area contributed by atoms with E-state index in [4.69, 9.17) is 9.84 Å². The van der Waals surface area contributed by atoms with Crippen LogP contribution in [-0.4, -0.2) is 44.6 Å². The highest BCUT2D eigenvalue weighted by Gasteiger charge is 2.33. The topological polar surface area (TPSA) is 156 Å². The van der Waals surface area contributed by atoms with E-state index in [1.54, 1.807) is 31.2 Å². The summed E-state index contributed by atoms with van der Waals surface area (Å²) in [5.41, 5.74) is 2.68. The van der Waals surface area contributed by atoms with Gasteiger partial charge < -0.3 is 24.9 Å². The summed E-state index contributed by atoms with van der Waals surface area (Å²) >= 11 is 0. The summed E-state index contributed by atoms with van der Waals surface area (Å²) in [5, 5.41) is 37.9. The Labute approximate surface area is 242 Å². The molecule has 0 aromatic heterocycles. The van der Waals surface area contributed by atoms with E-state index in [0.717, 1.165) is 31.2 Å². The molecular formula is C31H45NO9. The number of benzene rings is 1. The van der Waals surface area contributed by atoms with Crippen molar-refractivity contribution in [1.29, 1.82) is 0 Å². The van der Waals surface area contributed by atoms with Crippen molar-refractivity contribution < 1.29 is 39.6 Å². The SMILES string of the molecule is CC1C=CC2=CC(O)CCC2C1CCC(O)CCCC(=O)OCc1ccc(CO[N+](=O)[O-])cc1.CCC(C)C(=O)O. The van der Waals surface area contributed by atoms with Crippen LogP contribution in [0.4, 0.5) is 0 Å². The molecule has 0 bridgehead atoms. The Hall–Kier alpha value is -3.24. The van der Waals surface area contributed by atoms with E-state index < -0.39 is 17.2 Å². The molecule has 0 fully saturated rings. The maximum atomic E-state index is 12.0. The molecule has 3 N–H and O–H groups in total. The molecule has 41 heavy (non-hydrogen) atoms. The first-order valence-electron chi connectivity index (χ1n) is 14.5. The lowest BCUT2D eigenvalue weighted by atomic mass is 9.67. The zero-order valence-corrected chi connectivity index (χ0v) is 24.3. The summed E-state index contributed by atoms with van der Waals surface area (Å²) in [6.07, 6.45) is 11.1. The van der Waals surface area contributed by atoms with Gasteiger partial charge >= 0.3 is 11.9 Å². The van der Waals surface area contributed by atoms with E-state index in [1.807, 2.05) is 13.0 Å². The Morgan fingerprint density at radius 2 is 1.78 bits per heavy atom. The molecule has 2 aliphatic rings. The first-order chi connectivity index (χ1) is 19.5. The third-order valence-electron chi connectivity index (χ3n) is 7.92. The first-order valence-corrected chi connectivity index (χ1v) is 14.5. The second-order valence-electron chi connectivity index (χ2n) is 11.0. The van der Waals surface area contributed by atoms with Crippen LogP contribution in [-0.2, 0) is 32.4 Å². The van der Waals surface area contributed by atoms with Gasteiger partial charge in [0, 0.05) is 6.42 Å². The van der Waals surface area contributed by atoms with Crippen LogP contribution in [0.3, 0.4) is 0 Å². The minimum atomic E-state index is -0.837. The van der Waals surface area contributed by atoms with Gasteiger partial charge in [0.2, 0.25) is 0 Å². The number of carboxylic acid groups (broad SMARTS) is 1. The van der Waals surface area contributed by atoms with Crippen molar-refractivity contribution in [1.82, 2.24) is 0 Å². The Balaban J connectivity index is 0.000000745. The zero-order chi connectivity index (χ0) is 30.4. The molecule has 10 heteroatoms. The van der Waals surface area contributed by atoms with Gasteiger partial charge in [-0.15, -0.1) is 10.1 Å². The fraction of sp³-hybridized carbons (Fsp3) is 0.613. The second-order valence-corrected chi connectivity index (χ2v) is 11.0.